The van der Waals surface area contributed by atoms with E-state index in [1.807, 2.05) is 19.9 Å². The first-order chi connectivity index (χ1) is 12.4. The summed E-state index contributed by atoms with van der Waals surface area (Å²) >= 11 is 7.82. The summed E-state index contributed by atoms with van der Waals surface area (Å²) in [5, 5.41) is 6.92. The molecule has 3 rings (SSSR count). The number of thioether (sulfide) groups is 1. The van der Waals surface area contributed by atoms with E-state index in [9.17, 15) is 4.79 Å². The van der Waals surface area contributed by atoms with Gasteiger partial charge in [0.05, 0.1) is 10.6 Å². The summed E-state index contributed by atoms with van der Waals surface area (Å²) in [5.74, 6) is 1.61. The molecule has 2 heterocycles. The van der Waals surface area contributed by atoms with Crippen LogP contribution in [0.15, 0.2) is 34.0 Å². The molecule has 0 saturated carbocycles. The molecule has 1 aliphatic heterocycles. The van der Waals surface area contributed by atoms with Gasteiger partial charge in [-0.2, -0.15) is 5.10 Å². The number of ether oxygens (including phenoxy) is 1. The van der Waals surface area contributed by atoms with Gasteiger partial charge in [-0.05, 0) is 50.5 Å². The molecule has 1 aromatic carbocycles. The second-order valence-electron chi connectivity index (χ2n) is 6.95. The Morgan fingerprint density at radius 1 is 1.35 bits per heavy atom. The Morgan fingerprint density at radius 3 is 2.92 bits per heavy atom. The molecule has 1 N–H and O–H groups in total. The first-order valence-corrected chi connectivity index (χ1v) is 10.2. The van der Waals surface area contributed by atoms with Crippen molar-refractivity contribution in [1.82, 2.24) is 10.2 Å². The molecule has 0 atom stereocenters. The molecule has 0 aliphatic carbocycles. The number of nitrogens with one attached hydrogen (secondary N) is 1. The quantitative estimate of drug-likeness (QED) is 0.685. The standard InChI is InChI=1S/C20H23ClN2O2S/c1-4-5-6-15-18(17(21)19(24)23-22-15)26-12-13-7-8-16-14(11-13)9-10-20(2,3)25-16/h7-11H,4-6,12H2,1-3H3,(H,23,24). The van der Waals surface area contributed by atoms with Crippen LogP contribution in [0, 0.1) is 0 Å². The highest BCUT2D eigenvalue weighted by atomic mass is 35.5. The molecule has 0 radical (unpaired) electrons. The number of halogens is 1. The third-order valence-electron chi connectivity index (χ3n) is 4.21. The Hall–Kier alpha value is -1.72. The number of aromatic nitrogens is 2. The van der Waals surface area contributed by atoms with Crippen molar-refractivity contribution in [1.29, 1.82) is 0 Å². The zero-order chi connectivity index (χ0) is 18.7. The van der Waals surface area contributed by atoms with Crippen molar-refractivity contribution in [2.45, 2.75) is 56.3 Å². The van der Waals surface area contributed by atoms with Gasteiger partial charge in [-0.3, -0.25) is 4.79 Å². The van der Waals surface area contributed by atoms with Gasteiger partial charge < -0.3 is 4.74 Å². The highest BCUT2D eigenvalue weighted by Crippen LogP contribution is 2.34. The summed E-state index contributed by atoms with van der Waals surface area (Å²) in [6.45, 7) is 6.20. The minimum atomic E-state index is -0.335. The first kappa shape index (κ1) is 19.1. The summed E-state index contributed by atoms with van der Waals surface area (Å²) in [6, 6.07) is 6.18. The van der Waals surface area contributed by atoms with Crippen LogP contribution < -0.4 is 10.3 Å². The normalized spacial score (nSPS) is 14.8. The average molecular weight is 391 g/mol. The molecular formula is C20H23ClN2O2S. The van der Waals surface area contributed by atoms with Crippen molar-refractivity contribution in [2.75, 3.05) is 0 Å². The molecule has 0 bridgehead atoms. The molecule has 6 heteroatoms. The molecule has 0 amide bonds. The van der Waals surface area contributed by atoms with Gasteiger partial charge in [0.2, 0.25) is 0 Å². The number of fused-ring (bicyclic) bond motifs is 1. The summed E-state index contributed by atoms with van der Waals surface area (Å²) in [7, 11) is 0. The number of H-pyrrole nitrogens is 1. The van der Waals surface area contributed by atoms with Crippen LogP contribution in [0.1, 0.15) is 50.4 Å². The maximum atomic E-state index is 11.8. The van der Waals surface area contributed by atoms with Crippen LogP contribution in [0.5, 0.6) is 5.75 Å². The number of benzene rings is 1. The minimum Gasteiger partial charge on any atom is -0.483 e. The molecule has 1 aromatic heterocycles. The number of hydrogen-bond acceptors (Lipinski definition) is 4. The van der Waals surface area contributed by atoms with Crippen molar-refractivity contribution in [3.8, 4) is 5.75 Å². The fourth-order valence-electron chi connectivity index (χ4n) is 2.78. The van der Waals surface area contributed by atoms with Crippen LogP contribution in [0.4, 0.5) is 0 Å². The number of hydrogen-bond donors (Lipinski definition) is 1. The molecule has 138 valence electrons. The van der Waals surface area contributed by atoms with E-state index in [0.29, 0.717) is 5.75 Å². The average Bonchev–Trinajstić information content (AvgIpc) is 2.61. The molecule has 1 aliphatic rings. The van der Waals surface area contributed by atoms with E-state index in [2.05, 4.69) is 41.4 Å². The van der Waals surface area contributed by atoms with Gasteiger partial charge in [0.25, 0.3) is 5.56 Å². The van der Waals surface area contributed by atoms with E-state index >= 15 is 0 Å². The number of unbranched alkanes of at least 4 members (excludes halogenated alkanes) is 1. The second kappa shape index (κ2) is 7.89. The van der Waals surface area contributed by atoms with Gasteiger partial charge in [-0.1, -0.05) is 37.1 Å². The SMILES string of the molecule is CCCCc1n[nH]c(=O)c(Cl)c1SCc1ccc2c(c1)C=CC(C)(C)O2. The van der Waals surface area contributed by atoms with Crippen LogP contribution in [0.25, 0.3) is 6.08 Å². The number of aromatic amines is 1. The summed E-state index contributed by atoms with van der Waals surface area (Å²) in [5.41, 5.74) is 2.48. The zero-order valence-corrected chi connectivity index (χ0v) is 16.8. The molecule has 0 fully saturated rings. The van der Waals surface area contributed by atoms with Gasteiger partial charge in [0.1, 0.15) is 16.4 Å². The largest absolute Gasteiger partial charge is 0.483 e. The monoisotopic (exact) mass is 390 g/mol. The topological polar surface area (TPSA) is 55.0 Å². The molecule has 0 saturated heterocycles. The van der Waals surface area contributed by atoms with Gasteiger partial charge in [0, 0.05) is 11.3 Å². The third-order valence-corrected chi connectivity index (χ3v) is 5.89. The summed E-state index contributed by atoms with van der Waals surface area (Å²) < 4.78 is 5.97. The smallest absolute Gasteiger partial charge is 0.284 e. The Balaban J connectivity index is 1.80. The molecule has 2 aromatic rings. The van der Waals surface area contributed by atoms with Crippen LogP contribution in [-0.4, -0.2) is 15.8 Å². The fraction of sp³-hybridized carbons (Fsp3) is 0.400. The van der Waals surface area contributed by atoms with E-state index < -0.39 is 0 Å². The Kier molecular flexibility index (Phi) is 5.78. The Morgan fingerprint density at radius 2 is 2.15 bits per heavy atom. The van der Waals surface area contributed by atoms with Crippen LogP contribution in [0.2, 0.25) is 5.02 Å². The van der Waals surface area contributed by atoms with Crippen molar-refractivity contribution < 1.29 is 4.74 Å². The van der Waals surface area contributed by atoms with Crippen molar-refractivity contribution in [3.05, 3.63) is 56.5 Å². The predicted octanol–water partition coefficient (Wildman–Crippen LogP) is 5.24. The molecule has 0 unspecified atom stereocenters. The van der Waals surface area contributed by atoms with Gasteiger partial charge in [-0.25, -0.2) is 5.10 Å². The lowest BCUT2D eigenvalue weighted by Gasteiger charge is -2.28. The number of nitrogens with zero attached hydrogens (tertiary/aromatic N) is 1. The maximum absolute atomic E-state index is 11.8. The molecule has 26 heavy (non-hydrogen) atoms. The molecule has 0 spiro atoms. The Labute approximate surface area is 163 Å². The van der Waals surface area contributed by atoms with Gasteiger partial charge in [0.15, 0.2) is 0 Å². The minimum absolute atomic E-state index is 0.235. The van der Waals surface area contributed by atoms with Crippen molar-refractivity contribution in [2.24, 2.45) is 0 Å². The van der Waals surface area contributed by atoms with E-state index in [-0.39, 0.29) is 16.2 Å². The summed E-state index contributed by atoms with van der Waals surface area (Å²) in [4.78, 5) is 12.6. The van der Waals surface area contributed by atoms with E-state index in [0.717, 1.165) is 46.7 Å². The van der Waals surface area contributed by atoms with E-state index in [1.54, 1.807) is 11.8 Å². The lowest BCUT2D eigenvalue weighted by atomic mass is 10.0. The molecule has 4 nitrogen and oxygen atoms in total. The van der Waals surface area contributed by atoms with Crippen LogP contribution >= 0.6 is 23.4 Å². The van der Waals surface area contributed by atoms with E-state index in [4.69, 9.17) is 16.3 Å². The van der Waals surface area contributed by atoms with Gasteiger partial charge >= 0.3 is 0 Å². The summed E-state index contributed by atoms with van der Waals surface area (Å²) in [6.07, 6.45) is 7.05. The fourth-order valence-corrected chi connectivity index (χ4v) is 4.12. The third kappa shape index (κ3) is 4.33. The van der Waals surface area contributed by atoms with Crippen molar-refractivity contribution >= 4 is 29.4 Å². The van der Waals surface area contributed by atoms with Crippen LogP contribution in [0.3, 0.4) is 0 Å². The highest BCUT2D eigenvalue weighted by Gasteiger charge is 2.21. The van der Waals surface area contributed by atoms with E-state index in [1.165, 1.54) is 0 Å². The van der Waals surface area contributed by atoms with Crippen LogP contribution in [-0.2, 0) is 12.2 Å². The Bertz CT molecular complexity index is 890. The zero-order valence-electron chi connectivity index (χ0n) is 15.3. The highest BCUT2D eigenvalue weighted by molar-refractivity contribution is 7.98. The number of aryl methyl sites for hydroxylation is 1. The second-order valence-corrected chi connectivity index (χ2v) is 8.31. The van der Waals surface area contributed by atoms with Gasteiger partial charge in [-0.15, -0.1) is 11.8 Å². The molecular weight excluding hydrogens is 368 g/mol. The van der Waals surface area contributed by atoms with Crippen molar-refractivity contribution in [3.63, 3.8) is 0 Å². The maximum Gasteiger partial charge on any atom is 0.284 e. The number of rotatable bonds is 6. The lowest BCUT2D eigenvalue weighted by Crippen LogP contribution is -2.27. The predicted molar refractivity (Wildman–Crippen MR) is 108 cm³/mol. The lowest BCUT2D eigenvalue weighted by molar-refractivity contribution is 0.159. The first-order valence-electron chi connectivity index (χ1n) is 8.80.